The molecule has 0 amide bonds. The van der Waals surface area contributed by atoms with Gasteiger partial charge < -0.3 is 10.9 Å². The first-order valence-electron chi connectivity index (χ1n) is 6.49. The van der Waals surface area contributed by atoms with E-state index in [2.05, 4.69) is 9.88 Å². The maximum absolute atomic E-state index is 13.9. The van der Waals surface area contributed by atoms with Crippen molar-refractivity contribution < 1.29 is 18.0 Å². The smallest absolute Gasteiger partial charge is 0.301 e. The third kappa shape index (κ3) is 3.61. The SMILES string of the molecule is N/C(=N/O)c1ccc(NS(=O)(=O)N2CCCCC2)c(F)c1. The molecule has 116 valence electrons. The Labute approximate surface area is 122 Å². The zero-order chi connectivity index (χ0) is 15.5. The Morgan fingerprint density at radius 1 is 1.33 bits per heavy atom. The third-order valence-electron chi connectivity index (χ3n) is 3.27. The zero-order valence-electron chi connectivity index (χ0n) is 11.3. The average Bonchev–Trinajstić information content (AvgIpc) is 2.49. The van der Waals surface area contributed by atoms with Crippen LogP contribution in [0.15, 0.2) is 23.4 Å². The first-order valence-corrected chi connectivity index (χ1v) is 7.93. The first-order chi connectivity index (χ1) is 9.94. The van der Waals surface area contributed by atoms with Crippen molar-refractivity contribution in [2.24, 2.45) is 10.9 Å². The second-order valence-corrected chi connectivity index (χ2v) is 6.42. The zero-order valence-corrected chi connectivity index (χ0v) is 12.1. The lowest BCUT2D eigenvalue weighted by atomic mass is 10.2. The Hall–Kier alpha value is -1.87. The number of rotatable bonds is 4. The molecule has 0 saturated carbocycles. The Balaban J connectivity index is 2.19. The second kappa shape index (κ2) is 6.27. The van der Waals surface area contributed by atoms with Crippen LogP contribution in [-0.4, -0.2) is 36.9 Å². The molecule has 9 heteroatoms. The highest BCUT2D eigenvalue weighted by Gasteiger charge is 2.24. The van der Waals surface area contributed by atoms with Crippen molar-refractivity contribution in [3.63, 3.8) is 0 Å². The lowest BCUT2D eigenvalue weighted by Crippen LogP contribution is -2.39. The number of oxime groups is 1. The average molecular weight is 316 g/mol. The van der Waals surface area contributed by atoms with E-state index in [1.165, 1.54) is 16.4 Å². The normalized spacial score (nSPS) is 17.7. The number of nitrogens with two attached hydrogens (primary N) is 1. The van der Waals surface area contributed by atoms with Crippen LogP contribution in [0.4, 0.5) is 10.1 Å². The van der Waals surface area contributed by atoms with E-state index < -0.39 is 16.0 Å². The van der Waals surface area contributed by atoms with E-state index in [-0.39, 0.29) is 17.1 Å². The summed E-state index contributed by atoms with van der Waals surface area (Å²) in [6, 6.07) is 3.61. The van der Waals surface area contributed by atoms with Crippen LogP contribution in [0.25, 0.3) is 0 Å². The van der Waals surface area contributed by atoms with E-state index >= 15 is 0 Å². The predicted octanol–water partition coefficient (Wildman–Crippen LogP) is 1.06. The molecular weight excluding hydrogens is 299 g/mol. The van der Waals surface area contributed by atoms with Crippen LogP contribution in [0.2, 0.25) is 0 Å². The summed E-state index contributed by atoms with van der Waals surface area (Å²) in [4.78, 5) is 0. The molecule has 2 rings (SSSR count). The number of benzene rings is 1. The van der Waals surface area contributed by atoms with Crippen LogP contribution >= 0.6 is 0 Å². The van der Waals surface area contributed by atoms with Gasteiger partial charge in [0.05, 0.1) is 5.69 Å². The molecule has 4 N–H and O–H groups in total. The molecule has 1 aromatic rings. The lowest BCUT2D eigenvalue weighted by molar-refractivity contribution is 0.318. The van der Waals surface area contributed by atoms with Gasteiger partial charge in [0.1, 0.15) is 5.82 Å². The number of halogens is 1. The number of hydrogen-bond donors (Lipinski definition) is 3. The van der Waals surface area contributed by atoms with Gasteiger partial charge in [0, 0.05) is 18.7 Å². The molecular formula is C12H17FN4O3S. The fourth-order valence-corrected chi connectivity index (χ4v) is 3.44. The molecule has 0 radical (unpaired) electrons. The third-order valence-corrected chi connectivity index (χ3v) is 4.79. The second-order valence-electron chi connectivity index (χ2n) is 4.75. The van der Waals surface area contributed by atoms with Crippen molar-refractivity contribution in [1.29, 1.82) is 0 Å². The molecule has 0 unspecified atom stereocenters. The van der Waals surface area contributed by atoms with Gasteiger partial charge in [-0.1, -0.05) is 11.6 Å². The van der Waals surface area contributed by atoms with Gasteiger partial charge in [-0.3, -0.25) is 4.72 Å². The van der Waals surface area contributed by atoms with Gasteiger partial charge in [0.25, 0.3) is 0 Å². The Kier molecular flexibility index (Phi) is 4.63. The van der Waals surface area contributed by atoms with E-state index in [4.69, 9.17) is 10.9 Å². The quantitative estimate of drug-likeness (QED) is 0.334. The van der Waals surface area contributed by atoms with Crippen LogP contribution in [0.1, 0.15) is 24.8 Å². The molecule has 1 aromatic carbocycles. The molecule has 1 saturated heterocycles. The highest BCUT2D eigenvalue weighted by molar-refractivity contribution is 7.90. The summed E-state index contributed by atoms with van der Waals surface area (Å²) >= 11 is 0. The van der Waals surface area contributed by atoms with Crippen LogP contribution in [0, 0.1) is 5.82 Å². The highest BCUT2D eigenvalue weighted by atomic mass is 32.2. The maximum Gasteiger partial charge on any atom is 0.301 e. The fraction of sp³-hybridized carbons (Fsp3) is 0.417. The topological polar surface area (TPSA) is 108 Å². The summed E-state index contributed by atoms with van der Waals surface area (Å²) in [6.45, 7) is 0.859. The molecule has 1 heterocycles. The van der Waals surface area contributed by atoms with E-state index in [0.717, 1.165) is 25.3 Å². The van der Waals surface area contributed by atoms with Crippen molar-refractivity contribution in [2.75, 3.05) is 17.8 Å². The number of piperidine rings is 1. The minimum absolute atomic E-state index is 0.163. The van der Waals surface area contributed by atoms with E-state index in [0.29, 0.717) is 13.1 Å². The number of hydrogen-bond acceptors (Lipinski definition) is 4. The van der Waals surface area contributed by atoms with E-state index in [1.807, 2.05) is 0 Å². The van der Waals surface area contributed by atoms with Gasteiger partial charge in [-0.15, -0.1) is 0 Å². The maximum atomic E-state index is 13.9. The Morgan fingerprint density at radius 3 is 2.57 bits per heavy atom. The van der Waals surface area contributed by atoms with Gasteiger partial charge in [0.15, 0.2) is 5.84 Å². The molecule has 0 aromatic heterocycles. The molecule has 1 aliphatic heterocycles. The summed E-state index contributed by atoms with van der Waals surface area (Å²) < 4.78 is 41.7. The molecule has 7 nitrogen and oxygen atoms in total. The van der Waals surface area contributed by atoms with Gasteiger partial charge in [-0.05, 0) is 31.0 Å². The summed E-state index contributed by atoms with van der Waals surface area (Å²) in [5.74, 6) is -1.04. The fourth-order valence-electron chi connectivity index (χ4n) is 2.12. The van der Waals surface area contributed by atoms with Crippen molar-refractivity contribution in [3.8, 4) is 0 Å². The molecule has 0 bridgehead atoms. The van der Waals surface area contributed by atoms with Crippen LogP contribution in [-0.2, 0) is 10.2 Å². The molecule has 0 spiro atoms. The van der Waals surface area contributed by atoms with Crippen molar-refractivity contribution in [2.45, 2.75) is 19.3 Å². The van der Waals surface area contributed by atoms with E-state index in [1.54, 1.807) is 0 Å². The lowest BCUT2D eigenvalue weighted by Gasteiger charge is -2.26. The molecule has 21 heavy (non-hydrogen) atoms. The largest absolute Gasteiger partial charge is 0.409 e. The number of nitrogens with zero attached hydrogens (tertiary/aromatic N) is 2. The summed E-state index contributed by atoms with van der Waals surface area (Å²) in [5, 5.41) is 11.3. The van der Waals surface area contributed by atoms with Gasteiger partial charge in [0.2, 0.25) is 0 Å². The summed E-state index contributed by atoms with van der Waals surface area (Å²) in [7, 11) is -3.77. The standard InChI is InChI=1S/C12H17FN4O3S/c13-10-8-9(12(14)15-18)4-5-11(10)16-21(19,20)17-6-2-1-3-7-17/h4-5,8,16,18H,1-3,6-7H2,(H2,14,15). The van der Waals surface area contributed by atoms with Gasteiger partial charge >= 0.3 is 10.2 Å². The molecule has 0 atom stereocenters. The number of amidine groups is 1. The summed E-state index contributed by atoms with van der Waals surface area (Å²) in [5.41, 5.74) is 5.34. The monoisotopic (exact) mass is 316 g/mol. The van der Waals surface area contributed by atoms with Crippen molar-refractivity contribution in [1.82, 2.24) is 4.31 Å². The van der Waals surface area contributed by atoms with Gasteiger partial charge in [-0.25, -0.2) is 4.39 Å². The minimum atomic E-state index is -3.77. The Bertz CT molecular complexity index is 642. The predicted molar refractivity (Wildman–Crippen MR) is 76.9 cm³/mol. The van der Waals surface area contributed by atoms with Crippen LogP contribution in [0.5, 0.6) is 0 Å². The van der Waals surface area contributed by atoms with Gasteiger partial charge in [-0.2, -0.15) is 12.7 Å². The molecule has 1 fully saturated rings. The highest BCUT2D eigenvalue weighted by Crippen LogP contribution is 2.20. The molecule has 0 aliphatic carbocycles. The number of nitrogens with one attached hydrogen (secondary N) is 1. The summed E-state index contributed by atoms with van der Waals surface area (Å²) in [6.07, 6.45) is 2.59. The van der Waals surface area contributed by atoms with Crippen LogP contribution < -0.4 is 10.5 Å². The molecule has 1 aliphatic rings. The van der Waals surface area contributed by atoms with Crippen molar-refractivity contribution >= 4 is 21.7 Å². The first kappa shape index (κ1) is 15.5. The van der Waals surface area contributed by atoms with Crippen molar-refractivity contribution in [3.05, 3.63) is 29.6 Å². The van der Waals surface area contributed by atoms with Crippen LogP contribution in [0.3, 0.4) is 0 Å². The van der Waals surface area contributed by atoms with E-state index in [9.17, 15) is 12.8 Å². The number of anilines is 1. The Morgan fingerprint density at radius 2 is 2.00 bits per heavy atom. The minimum Gasteiger partial charge on any atom is -0.409 e.